The average Bonchev–Trinajstić information content (AvgIpc) is 2.38. The van der Waals surface area contributed by atoms with Crippen LogP contribution in [0.1, 0.15) is 21.6 Å². The highest BCUT2D eigenvalue weighted by molar-refractivity contribution is 5.76. The van der Waals surface area contributed by atoms with E-state index in [9.17, 15) is 4.79 Å². The van der Waals surface area contributed by atoms with E-state index < -0.39 is 0 Å². The van der Waals surface area contributed by atoms with Gasteiger partial charge in [0, 0.05) is 12.1 Å². The number of aryl methyl sites for hydroxylation is 1. The van der Waals surface area contributed by atoms with Gasteiger partial charge in [0.05, 0.1) is 5.69 Å². The topological polar surface area (TPSA) is 42.0 Å². The molecule has 0 aliphatic rings. The van der Waals surface area contributed by atoms with Crippen LogP contribution in [0.25, 0.3) is 0 Å². The second kappa shape index (κ2) is 5.25. The molecule has 0 aliphatic heterocycles. The number of rotatable bonds is 4. The van der Waals surface area contributed by atoms with Gasteiger partial charge >= 0.3 is 0 Å². The fourth-order valence-corrected chi connectivity index (χ4v) is 1.58. The van der Waals surface area contributed by atoms with Crippen molar-refractivity contribution in [2.45, 2.75) is 13.5 Å². The van der Waals surface area contributed by atoms with Crippen LogP contribution >= 0.6 is 0 Å². The first kappa shape index (κ1) is 11.3. The molecule has 0 unspecified atom stereocenters. The van der Waals surface area contributed by atoms with Gasteiger partial charge in [0.15, 0.2) is 6.29 Å². The highest BCUT2D eigenvalue weighted by Gasteiger charge is 2.00. The standard InChI is InChI=1S/C14H14N2O/c1-11-13(10-17)7-8-14(16-11)15-9-12-5-3-2-4-6-12/h2-8,10H,9H2,1H3,(H,15,16). The number of hydrogen-bond acceptors (Lipinski definition) is 3. The Bertz CT molecular complexity index is 509. The molecule has 0 saturated carbocycles. The number of aromatic nitrogens is 1. The molecule has 2 aromatic rings. The van der Waals surface area contributed by atoms with Crippen molar-refractivity contribution in [1.29, 1.82) is 0 Å². The lowest BCUT2D eigenvalue weighted by Crippen LogP contribution is -2.03. The van der Waals surface area contributed by atoms with Crippen LogP contribution in [0.15, 0.2) is 42.5 Å². The Morgan fingerprint density at radius 2 is 1.94 bits per heavy atom. The maximum absolute atomic E-state index is 10.7. The van der Waals surface area contributed by atoms with Gasteiger partial charge in [-0.25, -0.2) is 4.98 Å². The summed E-state index contributed by atoms with van der Waals surface area (Å²) in [7, 11) is 0. The minimum Gasteiger partial charge on any atom is -0.366 e. The molecule has 0 aliphatic carbocycles. The van der Waals surface area contributed by atoms with Crippen molar-refractivity contribution in [2.75, 3.05) is 5.32 Å². The summed E-state index contributed by atoms with van der Waals surface area (Å²) in [4.78, 5) is 15.0. The van der Waals surface area contributed by atoms with Crippen LogP contribution in [-0.4, -0.2) is 11.3 Å². The minimum atomic E-state index is 0.635. The smallest absolute Gasteiger partial charge is 0.151 e. The van der Waals surface area contributed by atoms with Gasteiger partial charge in [0.1, 0.15) is 5.82 Å². The monoisotopic (exact) mass is 226 g/mol. The molecule has 1 aromatic heterocycles. The lowest BCUT2D eigenvalue weighted by molar-refractivity contribution is 0.112. The number of aldehydes is 1. The molecule has 1 N–H and O–H groups in total. The first-order valence-electron chi connectivity index (χ1n) is 5.50. The van der Waals surface area contributed by atoms with E-state index >= 15 is 0 Å². The Morgan fingerprint density at radius 1 is 1.18 bits per heavy atom. The molecule has 0 radical (unpaired) electrons. The fourth-order valence-electron chi connectivity index (χ4n) is 1.58. The van der Waals surface area contributed by atoms with Crippen molar-refractivity contribution >= 4 is 12.1 Å². The van der Waals surface area contributed by atoms with Gasteiger partial charge in [0.25, 0.3) is 0 Å². The zero-order chi connectivity index (χ0) is 12.1. The van der Waals surface area contributed by atoms with Crippen LogP contribution in [0.5, 0.6) is 0 Å². The number of nitrogens with one attached hydrogen (secondary N) is 1. The predicted octanol–water partition coefficient (Wildman–Crippen LogP) is 2.81. The molecule has 86 valence electrons. The van der Waals surface area contributed by atoms with E-state index in [4.69, 9.17) is 0 Å². The minimum absolute atomic E-state index is 0.635. The van der Waals surface area contributed by atoms with E-state index in [1.165, 1.54) is 5.56 Å². The molecule has 1 heterocycles. The van der Waals surface area contributed by atoms with Crippen molar-refractivity contribution in [2.24, 2.45) is 0 Å². The van der Waals surface area contributed by atoms with E-state index in [2.05, 4.69) is 22.4 Å². The van der Waals surface area contributed by atoms with Gasteiger partial charge in [-0.2, -0.15) is 0 Å². The zero-order valence-corrected chi connectivity index (χ0v) is 9.68. The number of carbonyl (C=O) groups excluding carboxylic acids is 1. The number of nitrogens with zero attached hydrogens (tertiary/aromatic N) is 1. The zero-order valence-electron chi connectivity index (χ0n) is 9.68. The van der Waals surface area contributed by atoms with Crippen molar-refractivity contribution in [3.63, 3.8) is 0 Å². The van der Waals surface area contributed by atoms with Crippen molar-refractivity contribution in [3.05, 3.63) is 59.3 Å². The molecule has 0 atom stereocenters. The maximum Gasteiger partial charge on any atom is 0.151 e. The third-order valence-corrected chi connectivity index (χ3v) is 2.57. The molecular weight excluding hydrogens is 212 g/mol. The number of benzene rings is 1. The third kappa shape index (κ3) is 2.91. The van der Waals surface area contributed by atoms with Crippen LogP contribution in [0, 0.1) is 6.92 Å². The van der Waals surface area contributed by atoms with Gasteiger partial charge in [0.2, 0.25) is 0 Å². The van der Waals surface area contributed by atoms with Crippen LogP contribution in [0.4, 0.5) is 5.82 Å². The van der Waals surface area contributed by atoms with Crippen LogP contribution in [-0.2, 0) is 6.54 Å². The second-order valence-corrected chi connectivity index (χ2v) is 3.83. The van der Waals surface area contributed by atoms with Gasteiger partial charge < -0.3 is 5.32 Å². The summed E-state index contributed by atoms with van der Waals surface area (Å²) >= 11 is 0. The van der Waals surface area contributed by atoms with Crippen molar-refractivity contribution in [3.8, 4) is 0 Å². The summed E-state index contributed by atoms with van der Waals surface area (Å²) in [5.41, 5.74) is 2.58. The number of anilines is 1. The molecule has 0 spiro atoms. The molecule has 0 amide bonds. The first-order chi connectivity index (χ1) is 8.29. The summed E-state index contributed by atoms with van der Waals surface area (Å²) in [6.07, 6.45) is 0.823. The predicted molar refractivity (Wildman–Crippen MR) is 68.1 cm³/mol. The second-order valence-electron chi connectivity index (χ2n) is 3.83. The van der Waals surface area contributed by atoms with E-state index in [0.29, 0.717) is 5.56 Å². The molecular formula is C14H14N2O. The normalized spacial score (nSPS) is 9.94. The third-order valence-electron chi connectivity index (χ3n) is 2.57. The Labute approximate surface area is 101 Å². The molecule has 0 saturated heterocycles. The molecule has 1 aromatic carbocycles. The van der Waals surface area contributed by atoms with Crippen LogP contribution < -0.4 is 5.32 Å². The van der Waals surface area contributed by atoms with Crippen LogP contribution in [0.2, 0.25) is 0 Å². The van der Waals surface area contributed by atoms with Gasteiger partial charge in [-0.15, -0.1) is 0 Å². The number of hydrogen-bond donors (Lipinski definition) is 1. The Hall–Kier alpha value is -2.16. The summed E-state index contributed by atoms with van der Waals surface area (Å²) < 4.78 is 0. The maximum atomic E-state index is 10.7. The SMILES string of the molecule is Cc1nc(NCc2ccccc2)ccc1C=O. The summed E-state index contributed by atoms with van der Waals surface area (Å²) in [5, 5.41) is 3.23. The highest BCUT2D eigenvalue weighted by atomic mass is 16.1. The quantitative estimate of drug-likeness (QED) is 0.815. The Kier molecular flexibility index (Phi) is 3.50. The van der Waals surface area contributed by atoms with Crippen molar-refractivity contribution in [1.82, 2.24) is 4.98 Å². The molecule has 3 nitrogen and oxygen atoms in total. The lowest BCUT2D eigenvalue weighted by Gasteiger charge is -2.07. The molecule has 0 fully saturated rings. The summed E-state index contributed by atoms with van der Waals surface area (Å²) in [5.74, 6) is 0.789. The van der Waals surface area contributed by atoms with Gasteiger partial charge in [-0.05, 0) is 24.6 Å². The average molecular weight is 226 g/mol. The van der Waals surface area contributed by atoms with Gasteiger partial charge in [-0.3, -0.25) is 4.79 Å². The van der Waals surface area contributed by atoms with E-state index in [-0.39, 0.29) is 0 Å². The molecule has 17 heavy (non-hydrogen) atoms. The summed E-state index contributed by atoms with van der Waals surface area (Å²) in [6, 6.07) is 13.7. The Balaban J connectivity index is 2.05. The number of pyridine rings is 1. The van der Waals surface area contributed by atoms with E-state index in [1.807, 2.05) is 31.2 Å². The van der Waals surface area contributed by atoms with Crippen LogP contribution in [0.3, 0.4) is 0 Å². The largest absolute Gasteiger partial charge is 0.366 e. The highest BCUT2D eigenvalue weighted by Crippen LogP contribution is 2.10. The summed E-state index contributed by atoms with van der Waals surface area (Å²) in [6.45, 7) is 2.56. The van der Waals surface area contributed by atoms with E-state index in [1.54, 1.807) is 6.07 Å². The molecule has 3 heteroatoms. The fraction of sp³-hybridized carbons (Fsp3) is 0.143. The number of carbonyl (C=O) groups is 1. The molecule has 2 rings (SSSR count). The lowest BCUT2D eigenvalue weighted by atomic mass is 10.2. The van der Waals surface area contributed by atoms with Crippen molar-refractivity contribution < 1.29 is 4.79 Å². The molecule has 0 bridgehead atoms. The van der Waals surface area contributed by atoms with Gasteiger partial charge in [-0.1, -0.05) is 30.3 Å². The first-order valence-corrected chi connectivity index (χ1v) is 5.50. The van der Waals surface area contributed by atoms with E-state index in [0.717, 1.165) is 24.3 Å². The Morgan fingerprint density at radius 3 is 2.59 bits per heavy atom.